The molecular weight excluding hydrogens is 328 g/mol. The average Bonchev–Trinajstić information content (AvgIpc) is 3.00. The zero-order valence-corrected chi connectivity index (χ0v) is 14.5. The molecule has 4 rings (SSSR count). The highest BCUT2D eigenvalue weighted by Crippen LogP contribution is 2.26. The lowest BCUT2D eigenvalue weighted by molar-refractivity contribution is -0.120. The summed E-state index contributed by atoms with van der Waals surface area (Å²) in [5.74, 6) is 0.774. The molecule has 0 radical (unpaired) electrons. The lowest BCUT2D eigenvalue weighted by Gasteiger charge is -2.23. The van der Waals surface area contributed by atoms with E-state index in [1.807, 2.05) is 18.2 Å². The lowest BCUT2D eigenvalue weighted by atomic mass is 9.96. The highest BCUT2D eigenvalue weighted by molar-refractivity contribution is 5.93. The number of fused-ring (bicyclic) bond motifs is 3. The molecule has 2 N–H and O–H groups in total. The number of nitrogens with zero attached hydrogens (tertiary/aromatic N) is 2. The van der Waals surface area contributed by atoms with E-state index in [0.29, 0.717) is 12.1 Å². The van der Waals surface area contributed by atoms with E-state index in [2.05, 4.69) is 26.3 Å². The van der Waals surface area contributed by atoms with Gasteiger partial charge in [0, 0.05) is 37.2 Å². The number of para-hydroxylation sites is 2. The van der Waals surface area contributed by atoms with Crippen LogP contribution in [-0.2, 0) is 22.6 Å². The van der Waals surface area contributed by atoms with Gasteiger partial charge in [-0.2, -0.15) is 0 Å². The minimum absolute atomic E-state index is 0.00980. The van der Waals surface area contributed by atoms with Crippen LogP contribution in [0.1, 0.15) is 19.2 Å². The molecule has 132 valence electrons. The Kier molecular flexibility index (Phi) is 4.16. The van der Waals surface area contributed by atoms with Gasteiger partial charge in [-0.15, -0.1) is 0 Å². The number of hydrogen-bond donors (Lipinski definition) is 2. The first-order valence-corrected chi connectivity index (χ1v) is 8.73. The number of carbonyl (C=O) groups is 2. The molecule has 1 unspecified atom stereocenters. The Morgan fingerprint density at radius 2 is 1.73 bits per heavy atom. The summed E-state index contributed by atoms with van der Waals surface area (Å²) in [6.07, 6.45) is 1.44. The molecule has 1 atom stereocenters. The molecule has 6 nitrogen and oxygen atoms in total. The van der Waals surface area contributed by atoms with Gasteiger partial charge in [0.05, 0.1) is 11.0 Å². The summed E-state index contributed by atoms with van der Waals surface area (Å²) in [6.45, 7) is 2.27. The minimum atomic E-state index is -0.119. The van der Waals surface area contributed by atoms with Crippen LogP contribution in [0.2, 0.25) is 0 Å². The first-order chi connectivity index (χ1) is 12.6. The van der Waals surface area contributed by atoms with Gasteiger partial charge in [0.2, 0.25) is 11.8 Å². The zero-order chi connectivity index (χ0) is 18.1. The topological polar surface area (TPSA) is 76.0 Å². The Morgan fingerprint density at radius 1 is 1.04 bits per heavy atom. The van der Waals surface area contributed by atoms with Crippen LogP contribution >= 0.6 is 0 Å². The molecule has 26 heavy (non-hydrogen) atoms. The molecule has 0 bridgehead atoms. The summed E-state index contributed by atoms with van der Waals surface area (Å²) in [7, 11) is 0. The van der Waals surface area contributed by atoms with Crippen molar-refractivity contribution in [1.29, 1.82) is 0 Å². The molecule has 2 heterocycles. The molecule has 1 aliphatic heterocycles. The molecule has 0 spiro atoms. The van der Waals surface area contributed by atoms with E-state index in [1.165, 1.54) is 6.92 Å². The number of nitrogens with one attached hydrogen (secondary N) is 2. The van der Waals surface area contributed by atoms with E-state index in [1.54, 1.807) is 24.3 Å². The minimum Gasteiger partial charge on any atom is -0.328 e. The van der Waals surface area contributed by atoms with Gasteiger partial charge in [-0.25, -0.2) is 4.98 Å². The molecule has 2 aromatic carbocycles. The highest BCUT2D eigenvalue weighted by Gasteiger charge is 2.27. The third kappa shape index (κ3) is 3.18. The van der Waals surface area contributed by atoms with Crippen LogP contribution in [0.5, 0.6) is 0 Å². The molecule has 0 aliphatic carbocycles. The highest BCUT2D eigenvalue weighted by atomic mass is 16.2. The molecule has 1 aromatic heterocycles. The normalized spacial score (nSPS) is 16.1. The summed E-state index contributed by atoms with van der Waals surface area (Å²) < 4.78 is 2.21. The Morgan fingerprint density at radius 3 is 2.46 bits per heavy atom. The van der Waals surface area contributed by atoms with Gasteiger partial charge in [-0.1, -0.05) is 12.1 Å². The second-order valence-corrected chi connectivity index (χ2v) is 6.61. The maximum atomic E-state index is 12.6. The van der Waals surface area contributed by atoms with Crippen molar-refractivity contribution < 1.29 is 9.59 Å². The number of anilines is 2. The van der Waals surface area contributed by atoms with Gasteiger partial charge in [0.25, 0.3) is 0 Å². The predicted molar refractivity (Wildman–Crippen MR) is 101 cm³/mol. The van der Waals surface area contributed by atoms with Crippen LogP contribution in [-0.4, -0.2) is 21.4 Å². The molecule has 1 aliphatic rings. The number of amides is 2. The van der Waals surface area contributed by atoms with Crippen molar-refractivity contribution in [3.8, 4) is 0 Å². The summed E-state index contributed by atoms with van der Waals surface area (Å²) >= 11 is 0. The fraction of sp³-hybridized carbons (Fsp3) is 0.250. The quantitative estimate of drug-likeness (QED) is 0.763. The fourth-order valence-electron chi connectivity index (χ4n) is 3.45. The molecule has 2 amide bonds. The standard InChI is InChI=1S/C20H20N4O2/c1-13(25)21-15-6-8-16(9-7-15)22-20(26)14-10-11-24-18-5-3-2-4-17(18)23-19(24)12-14/h2-9,14H,10-12H2,1H3,(H,21,25)(H,22,26). The van der Waals surface area contributed by atoms with Crippen molar-refractivity contribution >= 4 is 34.2 Å². The molecule has 3 aromatic rings. The number of carbonyl (C=O) groups excluding carboxylic acids is 2. The van der Waals surface area contributed by atoms with Gasteiger partial charge < -0.3 is 15.2 Å². The summed E-state index contributed by atoms with van der Waals surface area (Å²) in [5.41, 5.74) is 3.55. The number of aromatic nitrogens is 2. The summed E-state index contributed by atoms with van der Waals surface area (Å²) in [6, 6.07) is 15.2. The van der Waals surface area contributed by atoms with Crippen LogP contribution in [0.3, 0.4) is 0 Å². The van der Waals surface area contributed by atoms with Crippen molar-refractivity contribution in [2.24, 2.45) is 5.92 Å². The van der Waals surface area contributed by atoms with Gasteiger partial charge in [0.1, 0.15) is 5.82 Å². The first kappa shape index (κ1) is 16.3. The maximum Gasteiger partial charge on any atom is 0.228 e. The monoisotopic (exact) mass is 348 g/mol. The number of hydrogen-bond acceptors (Lipinski definition) is 3. The van der Waals surface area contributed by atoms with Crippen molar-refractivity contribution in [1.82, 2.24) is 9.55 Å². The van der Waals surface area contributed by atoms with E-state index in [0.717, 1.165) is 35.5 Å². The first-order valence-electron chi connectivity index (χ1n) is 8.73. The number of rotatable bonds is 3. The molecular formula is C20H20N4O2. The number of imidazole rings is 1. The fourth-order valence-corrected chi connectivity index (χ4v) is 3.45. The Balaban J connectivity index is 1.45. The molecule has 6 heteroatoms. The predicted octanol–water partition coefficient (Wildman–Crippen LogP) is 3.20. The van der Waals surface area contributed by atoms with Crippen molar-refractivity contribution in [3.63, 3.8) is 0 Å². The Bertz CT molecular complexity index is 975. The molecule has 0 saturated heterocycles. The Hall–Kier alpha value is -3.15. The SMILES string of the molecule is CC(=O)Nc1ccc(NC(=O)C2CCn3c(nc4ccccc43)C2)cc1. The van der Waals surface area contributed by atoms with E-state index in [9.17, 15) is 9.59 Å². The number of aryl methyl sites for hydroxylation is 1. The van der Waals surface area contributed by atoms with E-state index in [-0.39, 0.29) is 17.7 Å². The van der Waals surface area contributed by atoms with E-state index >= 15 is 0 Å². The van der Waals surface area contributed by atoms with Gasteiger partial charge >= 0.3 is 0 Å². The lowest BCUT2D eigenvalue weighted by Crippen LogP contribution is -2.30. The summed E-state index contributed by atoms with van der Waals surface area (Å²) in [5, 5.41) is 5.68. The third-order valence-corrected chi connectivity index (χ3v) is 4.71. The Labute approximate surface area is 151 Å². The smallest absolute Gasteiger partial charge is 0.228 e. The second-order valence-electron chi connectivity index (χ2n) is 6.61. The summed E-state index contributed by atoms with van der Waals surface area (Å²) in [4.78, 5) is 28.4. The van der Waals surface area contributed by atoms with E-state index < -0.39 is 0 Å². The second kappa shape index (κ2) is 6.63. The zero-order valence-electron chi connectivity index (χ0n) is 14.5. The molecule has 0 fully saturated rings. The van der Waals surface area contributed by atoms with Crippen LogP contribution in [0.4, 0.5) is 11.4 Å². The third-order valence-electron chi connectivity index (χ3n) is 4.71. The average molecular weight is 348 g/mol. The maximum absolute atomic E-state index is 12.6. The number of benzene rings is 2. The van der Waals surface area contributed by atoms with Gasteiger partial charge in [0.15, 0.2) is 0 Å². The van der Waals surface area contributed by atoms with Gasteiger partial charge in [-0.05, 0) is 42.8 Å². The van der Waals surface area contributed by atoms with Crippen LogP contribution < -0.4 is 10.6 Å². The van der Waals surface area contributed by atoms with Crippen molar-refractivity contribution in [2.45, 2.75) is 26.3 Å². The van der Waals surface area contributed by atoms with E-state index in [4.69, 9.17) is 0 Å². The molecule has 0 saturated carbocycles. The van der Waals surface area contributed by atoms with Crippen molar-refractivity contribution in [2.75, 3.05) is 10.6 Å². The van der Waals surface area contributed by atoms with Crippen LogP contribution in [0, 0.1) is 5.92 Å². The van der Waals surface area contributed by atoms with Crippen LogP contribution in [0.15, 0.2) is 48.5 Å². The van der Waals surface area contributed by atoms with Crippen LogP contribution in [0.25, 0.3) is 11.0 Å². The van der Waals surface area contributed by atoms with Crippen molar-refractivity contribution in [3.05, 3.63) is 54.4 Å². The van der Waals surface area contributed by atoms with Gasteiger partial charge in [-0.3, -0.25) is 9.59 Å². The largest absolute Gasteiger partial charge is 0.328 e.